The largest absolute Gasteiger partial charge is 0.497 e. The van der Waals surface area contributed by atoms with Gasteiger partial charge in [-0.15, -0.1) is 0 Å². The summed E-state index contributed by atoms with van der Waals surface area (Å²) < 4.78 is 5.10. The minimum atomic E-state index is -0.120. The molecule has 0 heterocycles. The van der Waals surface area contributed by atoms with Crippen LogP contribution >= 0.6 is 0 Å². The van der Waals surface area contributed by atoms with E-state index in [1.165, 1.54) is 19.3 Å². The number of amides is 3. The first-order valence-electron chi connectivity index (χ1n) is 9.11. The molecule has 0 bridgehead atoms. The van der Waals surface area contributed by atoms with Gasteiger partial charge >= 0.3 is 6.03 Å². The highest BCUT2D eigenvalue weighted by molar-refractivity contribution is 5.76. The molecule has 1 aromatic rings. The van der Waals surface area contributed by atoms with Crippen molar-refractivity contribution in [2.75, 3.05) is 13.7 Å². The Hall–Kier alpha value is -2.24. The molecule has 1 aromatic carbocycles. The van der Waals surface area contributed by atoms with E-state index in [-0.39, 0.29) is 11.9 Å². The van der Waals surface area contributed by atoms with Crippen LogP contribution in [0.15, 0.2) is 24.3 Å². The Morgan fingerprint density at radius 1 is 1.08 bits per heavy atom. The molecular weight excluding hydrogens is 318 g/mol. The summed E-state index contributed by atoms with van der Waals surface area (Å²) in [5, 5.41) is 8.71. The van der Waals surface area contributed by atoms with Crippen molar-refractivity contribution in [2.24, 2.45) is 0 Å². The summed E-state index contributed by atoms with van der Waals surface area (Å²) in [4.78, 5) is 23.6. The molecule has 6 nitrogen and oxygen atoms in total. The predicted octanol–water partition coefficient (Wildman–Crippen LogP) is 2.72. The third-order valence-corrected chi connectivity index (χ3v) is 4.46. The van der Waals surface area contributed by atoms with Crippen LogP contribution in [-0.2, 0) is 11.3 Å². The van der Waals surface area contributed by atoms with Gasteiger partial charge in [-0.2, -0.15) is 0 Å². The predicted molar refractivity (Wildman–Crippen MR) is 97.5 cm³/mol. The first-order chi connectivity index (χ1) is 12.2. The maximum Gasteiger partial charge on any atom is 0.315 e. The maximum atomic E-state index is 11.8. The Labute approximate surface area is 149 Å². The number of ether oxygens (including phenoxy) is 1. The van der Waals surface area contributed by atoms with Crippen molar-refractivity contribution in [3.8, 4) is 5.75 Å². The molecule has 1 saturated carbocycles. The molecule has 0 aliphatic heterocycles. The Morgan fingerprint density at radius 2 is 1.80 bits per heavy atom. The van der Waals surface area contributed by atoms with Crippen molar-refractivity contribution in [3.63, 3.8) is 0 Å². The Bertz CT molecular complexity index is 539. The number of nitrogens with one attached hydrogen (secondary N) is 3. The van der Waals surface area contributed by atoms with Gasteiger partial charge in [-0.1, -0.05) is 31.4 Å². The number of rotatable bonds is 8. The standard InChI is InChI=1S/C19H29N3O3/c1-25-17-11-9-15(10-12-17)14-21-18(23)8-5-13-20-19(24)22-16-6-3-2-4-7-16/h9-12,16H,2-8,13-14H2,1H3,(H,21,23)(H2,20,22,24). The van der Waals surface area contributed by atoms with Gasteiger partial charge in [-0.3, -0.25) is 4.79 Å². The van der Waals surface area contributed by atoms with Gasteiger partial charge in [0.05, 0.1) is 7.11 Å². The maximum absolute atomic E-state index is 11.8. The Kier molecular flexibility index (Phi) is 8.09. The molecular formula is C19H29N3O3. The molecule has 0 saturated heterocycles. The molecule has 0 atom stereocenters. The summed E-state index contributed by atoms with van der Waals surface area (Å²) in [5.41, 5.74) is 1.03. The topological polar surface area (TPSA) is 79.5 Å². The first kappa shape index (κ1) is 19.1. The quantitative estimate of drug-likeness (QED) is 0.633. The number of benzene rings is 1. The lowest BCUT2D eigenvalue weighted by molar-refractivity contribution is -0.121. The molecule has 2 rings (SSSR count). The van der Waals surface area contributed by atoms with Gasteiger partial charge in [-0.25, -0.2) is 4.79 Å². The molecule has 1 aliphatic rings. The van der Waals surface area contributed by atoms with Crippen molar-refractivity contribution >= 4 is 11.9 Å². The second-order valence-electron chi connectivity index (χ2n) is 6.46. The molecule has 3 N–H and O–H groups in total. The van der Waals surface area contributed by atoms with E-state index in [9.17, 15) is 9.59 Å². The van der Waals surface area contributed by atoms with E-state index in [0.717, 1.165) is 24.2 Å². The van der Waals surface area contributed by atoms with Gasteiger partial charge in [0, 0.05) is 25.6 Å². The van der Waals surface area contributed by atoms with E-state index in [1.54, 1.807) is 7.11 Å². The molecule has 3 amide bonds. The van der Waals surface area contributed by atoms with Crippen LogP contribution in [0.4, 0.5) is 4.79 Å². The van der Waals surface area contributed by atoms with Crippen molar-refractivity contribution in [2.45, 2.75) is 57.5 Å². The zero-order valence-corrected chi connectivity index (χ0v) is 15.0. The Morgan fingerprint density at radius 3 is 2.48 bits per heavy atom. The van der Waals surface area contributed by atoms with E-state index >= 15 is 0 Å². The van der Waals surface area contributed by atoms with Gasteiger partial charge in [0.25, 0.3) is 0 Å². The van der Waals surface area contributed by atoms with Crippen LogP contribution in [0.5, 0.6) is 5.75 Å². The highest BCUT2D eigenvalue weighted by Gasteiger charge is 2.15. The van der Waals surface area contributed by atoms with Crippen molar-refractivity contribution in [1.82, 2.24) is 16.0 Å². The van der Waals surface area contributed by atoms with Crippen molar-refractivity contribution in [1.29, 1.82) is 0 Å². The number of hydrogen-bond donors (Lipinski definition) is 3. The molecule has 6 heteroatoms. The minimum Gasteiger partial charge on any atom is -0.497 e. The fourth-order valence-electron chi connectivity index (χ4n) is 2.97. The van der Waals surface area contributed by atoms with Gasteiger partial charge in [0.1, 0.15) is 5.75 Å². The van der Waals surface area contributed by atoms with Crippen LogP contribution in [-0.4, -0.2) is 31.6 Å². The zero-order chi connectivity index (χ0) is 17.9. The minimum absolute atomic E-state index is 0.00898. The highest BCUT2D eigenvalue weighted by Crippen LogP contribution is 2.17. The van der Waals surface area contributed by atoms with Crippen LogP contribution in [0.2, 0.25) is 0 Å². The monoisotopic (exact) mass is 347 g/mol. The van der Waals surface area contributed by atoms with E-state index < -0.39 is 0 Å². The smallest absolute Gasteiger partial charge is 0.315 e. The van der Waals surface area contributed by atoms with E-state index in [1.807, 2.05) is 24.3 Å². The second-order valence-corrected chi connectivity index (χ2v) is 6.46. The third kappa shape index (κ3) is 7.45. The normalized spacial score (nSPS) is 14.6. The summed E-state index contributed by atoms with van der Waals surface area (Å²) in [6.07, 6.45) is 6.83. The molecule has 0 unspecified atom stereocenters. The van der Waals surface area contributed by atoms with Gasteiger partial charge < -0.3 is 20.7 Å². The van der Waals surface area contributed by atoms with Crippen LogP contribution in [0, 0.1) is 0 Å². The molecule has 0 spiro atoms. The molecule has 0 aromatic heterocycles. The molecule has 1 aliphatic carbocycles. The van der Waals surface area contributed by atoms with E-state index in [2.05, 4.69) is 16.0 Å². The van der Waals surface area contributed by atoms with Crippen LogP contribution in [0.25, 0.3) is 0 Å². The Balaban J connectivity index is 1.53. The van der Waals surface area contributed by atoms with Gasteiger partial charge in [0.15, 0.2) is 0 Å². The summed E-state index contributed by atoms with van der Waals surface area (Å²) >= 11 is 0. The summed E-state index contributed by atoms with van der Waals surface area (Å²) in [6, 6.07) is 7.78. The average Bonchev–Trinajstić information content (AvgIpc) is 2.65. The first-order valence-corrected chi connectivity index (χ1v) is 9.11. The fourth-order valence-corrected chi connectivity index (χ4v) is 2.97. The lowest BCUT2D eigenvalue weighted by Gasteiger charge is -2.22. The van der Waals surface area contributed by atoms with Crippen LogP contribution in [0.1, 0.15) is 50.5 Å². The molecule has 138 valence electrons. The van der Waals surface area contributed by atoms with Crippen LogP contribution < -0.4 is 20.7 Å². The molecule has 25 heavy (non-hydrogen) atoms. The lowest BCUT2D eigenvalue weighted by atomic mass is 9.96. The average molecular weight is 347 g/mol. The SMILES string of the molecule is COc1ccc(CNC(=O)CCCNC(=O)NC2CCCCC2)cc1. The van der Waals surface area contributed by atoms with Gasteiger partial charge in [0.2, 0.25) is 5.91 Å². The van der Waals surface area contributed by atoms with Crippen molar-refractivity contribution < 1.29 is 14.3 Å². The van der Waals surface area contributed by atoms with E-state index in [4.69, 9.17) is 4.74 Å². The van der Waals surface area contributed by atoms with Gasteiger partial charge in [-0.05, 0) is 37.0 Å². The number of carbonyl (C=O) groups excluding carboxylic acids is 2. The lowest BCUT2D eigenvalue weighted by Crippen LogP contribution is -2.43. The summed E-state index contributed by atoms with van der Waals surface area (Å²) in [6.45, 7) is 1.01. The van der Waals surface area contributed by atoms with E-state index in [0.29, 0.717) is 32.0 Å². The highest BCUT2D eigenvalue weighted by atomic mass is 16.5. The number of hydrogen-bond acceptors (Lipinski definition) is 3. The number of methoxy groups -OCH3 is 1. The summed E-state index contributed by atoms with van der Waals surface area (Å²) in [7, 11) is 1.63. The summed E-state index contributed by atoms with van der Waals surface area (Å²) in [5.74, 6) is 0.790. The van der Waals surface area contributed by atoms with Crippen molar-refractivity contribution in [3.05, 3.63) is 29.8 Å². The number of urea groups is 1. The van der Waals surface area contributed by atoms with Crippen LogP contribution in [0.3, 0.4) is 0 Å². The fraction of sp³-hybridized carbons (Fsp3) is 0.579. The third-order valence-electron chi connectivity index (χ3n) is 4.46. The second kappa shape index (κ2) is 10.6. The molecule has 1 fully saturated rings. The number of carbonyl (C=O) groups is 2. The molecule has 0 radical (unpaired) electrons. The zero-order valence-electron chi connectivity index (χ0n) is 15.0.